The van der Waals surface area contributed by atoms with Crippen LogP contribution in [0.25, 0.3) is 0 Å². The fraction of sp³-hybridized carbons (Fsp3) is 0.545. The SMILES string of the molecule is COc1cc(=O)oc(CCC(C)O)c1CO. The van der Waals surface area contributed by atoms with Crippen LogP contribution in [-0.2, 0) is 13.0 Å². The molecule has 5 nitrogen and oxygen atoms in total. The van der Waals surface area contributed by atoms with Crippen LogP contribution in [0.5, 0.6) is 5.75 Å². The Morgan fingerprint density at radius 1 is 1.56 bits per heavy atom. The molecule has 0 saturated carbocycles. The first-order valence-corrected chi connectivity index (χ1v) is 5.07. The lowest BCUT2D eigenvalue weighted by atomic mass is 10.1. The third-order valence-electron chi connectivity index (χ3n) is 2.27. The van der Waals surface area contributed by atoms with Crippen molar-refractivity contribution in [3.63, 3.8) is 0 Å². The van der Waals surface area contributed by atoms with Crippen molar-refractivity contribution in [1.82, 2.24) is 0 Å². The third-order valence-corrected chi connectivity index (χ3v) is 2.27. The van der Waals surface area contributed by atoms with Gasteiger partial charge in [-0.3, -0.25) is 0 Å². The van der Waals surface area contributed by atoms with E-state index in [9.17, 15) is 9.90 Å². The molecule has 1 rings (SSSR count). The van der Waals surface area contributed by atoms with Gasteiger partial charge in [-0.2, -0.15) is 0 Å². The Labute approximate surface area is 93.3 Å². The maximum Gasteiger partial charge on any atom is 0.339 e. The second-order valence-corrected chi connectivity index (χ2v) is 3.58. The summed E-state index contributed by atoms with van der Waals surface area (Å²) in [5, 5.41) is 18.3. The molecule has 0 aromatic carbocycles. The molecule has 1 heterocycles. The second kappa shape index (κ2) is 5.67. The lowest BCUT2D eigenvalue weighted by Gasteiger charge is -2.10. The molecule has 0 spiro atoms. The number of methoxy groups -OCH3 is 1. The van der Waals surface area contributed by atoms with Crippen LogP contribution in [0.1, 0.15) is 24.7 Å². The highest BCUT2D eigenvalue weighted by Crippen LogP contribution is 2.21. The number of hydrogen-bond acceptors (Lipinski definition) is 5. The highest BCUT2D eigenvalue weighted by atomic mass is 16.5. The van der Waals surface area contributed by atoms with Gasteiger partial charge in [-0.1, -0.05) is 0 Å². The van der Waals surface area contributed by atoms with E-state index in [1.54, 1.807) is 6.92 Å². The van der Waals surface area contributed by atoms with E-state index in [0.29, 0.717) is 29.9 Å². The molecule has 0 aliphatic heterocycles. The van der Waals surface area contributed by atoms with Crippen LogP contribution in [0.3, 0.4) is 0 Å². The van der Waals surface area contributed by atoms with Gasteiger partial charge in [0, 0.05) is 6.42 Å². The van der Waals surface area contributed by atoms with Gasteiger partial charge < -0.3 is 19.4 Å². The van der Waals surface area contributed by atoms with Gasteiger partial charge in [0.1, 0.15) is 11.5 Å². The summed E-state index contributed by atoms with van der Waals surface area (Å²) < 4.78 is 9.97. The summed E-state index contributed by atoms with van der Waals surface area (Å²) in [5.41, 5.74) is -0.0580. The lowest BCUT2D eigenvalue weighted by Crippen LogP contribution is -2.09. The van der Waals surface area contributed by atoms with E-state index < -0.39 is 11.7 Å². The van der Waals surface area contributed by atoms with Gasteiger partial charge in [-0.25, -0.2) is 4.79 Å². The Balaban J connectivity index is 3.05. The summed E-state index contributed by atoms with van der Waals surface area (Å²) in [4.78, 5) is 11.2. The number of ether oxygens (including phenoxy) is 1. The van der Waals surface area contributed by atoms with Crippen LogP contribution in [0, 0.1) is 0 Å². The minimum absolute atomic E-state index is 0.262. The third kappa shape index (κ3) is 3.08. The zero-order valence-corrected chi connectivity index (χ0v) is 9.40. The molecule has 0 aliphatic carbocycles. The van der Waals surface area contributed by atoms with Crippen molar-refractivity contribution in [2.45, 2.75) is 32.5 Å². The Hall–Kier alpha value is -1.33. The Morgan fingerprint density at radius 3 is 2.75 bits per heavy atom. The molecule has 2 N–H and O–H groups in total. The molecular weight excluding hydrogens is 212 g/mol. The zero-order valence-electron chi connectivity index (χ0n) is 9.40. The number of aliphatic hydroxyl groups excluding tert-OH is 2. The summed E-state index contributed by atoms with van der Waals surface area (Å²) >= 11 is 0. The summed E-state index contributed by atoms with van der Waals surface area (Å²) in [6.45, 7) is 1.39. The molecule has 0 fully saturated rings. The van der Waals surface area contributed by atoms with Crippen molar-refractivity contribution in [2.75, 3.05) is 7.11 Å². The molecule has 1 atom stereocenters. The first kappa shape index (κ1) is 12.7. The van der Waals surface area contributed by atoms with Crippen molar-refractivity contribution in [3.05, 3.63) is 27.8 Å². The van der Waals surface area contributed by atoms with Gasteiger partial charge in [0.05, 0.1) is 31.5 Å². The fourth-order valence-corrected chi connectivity index (χ4v) is 1.43. The second-order valence-electron chi connectivity index (χ2n) is 3.58. The minimum Gasteiger partial charge on any atom is -0.496 e. The van der Waals surface area contributed by atoms with Crippen molar-refractivity contribution in [1.29, 1.82) is 0 Å². The first-order chi connectivity index (χ1) is 7.58. The van der Waals surface area contributed by atoms with E-state index in [-0.39, 0.29) is 6.61 Å². The van der Waals surface area contributed by atoms with Crippen molar-refractivity contribution >= 4 is 0 Å². The molecule has 0 radical (unpaired) electrons. The van der Waals surface area contributed by atoms with E-state index in [1.807, 2.05) is 0 Å². The number of rotatable bonds is 5. The van der Waals surface area contributed by atoms with E-state index in [0.717, 1.165) is 0 Å². The van der Waals surface area contributed by atoms with Crippen molar-refractivity contribution in [2.24, 2.45) is 0 Å². The van der Waals surface area contributed by atoms with Crippen LogP contribution in [0.4, 0.5) is 0 Å². The fourth-order valence-electron chi connectivity index (χ4n) is 1.43. The van der Waals surface area contributed by atoms with Gasteiger partial charge in [-0.15, -0.1) is 0 Å². The summed E-state index contributed by atoms with van der Waals surface area (Å²) in [6, 6.07) is 1.19. The smallest absolute Gasteiger partial charge is 0.339 e. The van der Waals surface area contributed by atoms with Gasteiger partial charge in [0.15, 0.2) is 0 Å². The van der Waals surface area contributed by atoms with Crippen molar-refractivity contribution < 1.29 is 19.4 Å². The van der Waals surface area contributed by atoms with E-state index in [1.165, 1.54) is 13.2 Å². The predicted octanol–water partition coefficient (Wildman–Crippen LogP) is 0.454. The standard InChI is InChI=1S/C11H16O5/c1-7(13)3-4-9-8(6-12)10(15-2)5-11(14)16-9/h5,7,12-13H,3-4,6H2,1-2H3. The minimum atomic E-state index is -0.519. The lowest BCUT2D eigenvalue weighted by molar-refractivity contribution is 0.180. The van der Waals surface area contributed by atoms with Gasteiger partial charge in [-0.05, 0) is 13.3 Å². The molecule has 0 amide bonds. The van der Waals surface area contributed by atoms with Crippen LogP contribution in [0.2, 0.25) is 0 Å². The molecule has 1 aromatic heterocycles. The quantitative estimate of drug-likeness (QED) is 0.765. The van der Waals surface area contributed by atoms with Crippen LogP contribution >= 0.6 is 0 Å². The molecule has 5 heteroatoms. The van der Waals surface area contributed by atoms with E-state index in [2.05, 4.69) is 0 Å². The van der Waals surface area contributed by atoms with Crippen LogP contribution in [0.15, 0.2) is 15.3 Å². The average Bonchev–Trinajstić information content (AvgIpc) is 2.25. The molecular formula is C11H16O5. The largest absolute Gasteiger partial charge is 0.496 e. The maximum absolute atomic E-state index is 11.2. The monoisotopic (exact) mass is 228 g/mol. The van der Waals surface area contributed by atoms with E-state index >= 15 is 0 Å². The van der Waals surface area contributed by atoms with Gasteiger partial charge >= 0.3 is 5.63 Å². The Morgan fingerprint density at radius 2 is 2.25 bits per heavy atom. The molecule has 1 aromatic rings. The van der Waals surface area contributed by atoms with E-state index in [4.69, 9.17) is 14.3 Å². The van der Waals surface area contributed by atoms with Crippen LogP contribution in [-0.4, -0.2) is 23.4 Å². The molecule has 0 aliphatic rings. The Bertz CT molecular complexity index is 394. The summed E-state index contributed by atoms with van der Waals surface area (Å²) in [5.74, 6) is 0.687. The van der Waals surface area contributed by atoms with Gasteiger partial charge in [0.25, 0.3) is 0 Å². The normalized spacial score (nSPS) is 12.5. The average molecular weight is 228 g/mol. The number of hydrogen-bond donors (Lipinski definition) is 2. The molecule has 1 unspecified atom stereocenters. The van der Waals surface area contributed by atoms with Crippen LogP contribution < -0.4 is 10.4 Å². The Kier molecular flexibility index (Phi) is 4.52. The molecule has 0 bridgehead atoms. The van der Waals surface area contributed by atoms with Crippen molar-refractivity contribution in [3.8, 4) is 5.75 Å². The highest BCUT2D eigenvalue weighted by Gasteiger charge is 2.13. The summed E-state index contributed by atoms with van der Waals surface area (Å²) in [6.07, 6.45) is 0.367. The first-order valence-electron chi connectivity index (χ1n) is 5.07. The van der Waals surface area contributed by atoms with Gasteiger partial charge in [0.2, 0.25) is 0 Å². The number of aliphatic hydroxyl groups is 2. The number of aryl methyl sites for hydroxylation is 1. The topological polar surface area (TPSA) is 79.9 Å². The maximum atomic E-state index is 11.2. The summed E-state index contributed by atoms with van der Waals surface area (Å²) in [7, 11) is 1.42. The molecule has 0 saturated heterocycles. The molecule has 16 heavy (non-hydrogen) atoms. The zero-order chi connectivity index (χ0) is 12.1. The predicted molar refractivity (Wildman–Crippen MR) is 57.5 cm³/mol. The molecule has 90 valence electrons. The highest BCUT2D eigenvalue weighted by molar-refractivity contribution is 5.33.